The Morgan fingerprint density at radius 1 is 1.14 bits per heavy atom. The molecule has 0 saturated carbocycles. The Balaban J connectivity index is 1.20. The number of likely N-dealkylation sites (tertiary alicyclic amines) is 2. The van der Waals surface area contributed by atoms with E-state index in [9.17, 15) is 19.5 Å². The van der Waals surface area contributed by atoms with Gasteiger partial charge >= 0.3 is 0 Å². The molecule has 0 aliphatic carbocycles. The van der Waals surface area contributed by atoms with Gasteiger partial charge in [0, 0.05) is 26.1 Å². The van der Waals surface area contributed by atoms with Crippen molar-refractivity contribution in [3.8, 4) is 10.4 Å². The highest BCUT2D eigenvalue weighted by Gasteiger charge is 2.46. The predicted molar refractivity (Wildman–Crippen MR) is 167 cm³/mol. The zero-order valence-corrected chi connectivity index (χ0v) is 26.8. The van der Waals surface area contributed by atoms with Crippen LogP contribution in [0.25, 0.3) is 10.4 Å². The van der Waals surface area contributed by atoms with Gasteiger partial charge in [-0.15, -0.1) is 11.3 Å². The summed E-state index contributed by atoms with van der Waals surface area (Å²) in [4.78, 5) is 49.6. The molecule has 1 aromatic carbocycles. The Morgan fingerprint density at radius 2 is 1.81 bits per heavy atom. The van der Waals surface area contributed by atoms with E-state index in [0.29, 0.717) is 5.41 Å². The van der Waals surface area contributed by atoms with Crippen LogP contribution in [0.5, 0.6) is 0 Å². The Morgan fingerprint density at radius 3 is 2.42 bits per heavy atom. The minimum absolute atomic E-state index is 0.0549. The van der Waals surface area contributed by atoms with Gasteiger partial charge in [-0.25, -0.2) is 4.98 Å². The van der Waals surface area contributed by atoms with Crippen LogP contribution in [-0.2, 0) is 14.4 Å². The van der Waals surface area contributed by atoms with Crippen LogP contribution in [0.1, 0.15) is 64.3 Å². The first-order chi connectivity index (χ1) is 20.3. The molecule has 2 aromatic rings. The summed E-state index contributed by atoms with van der Waals surface area (Å²) in [6, 6.07) is 6.09. The monoisotopic (exact) mass is 610 g/mol. The Hall–Kier alpha value is -2.86. The summed E-state index contributed by atoms with van der Waals surface area (Å²) in [5, 5.41) is 20.0. The number of aliphatic hydroxyl groups is 1. The van der Waals surface area contributed by atoms with Gasteiger partial charge in [-0.2, -0.15) is 0 Å². The molecule has 10 nitrogen and oxygen atoms in total. The molecule has 4 heterocycles. The van der Waals surface area contributed by atoms with Crippen molar-refractivity contribution in [1.82, 2.24) is 30.7 Å². The molecule has 1 aromatic heterocycles. The molecule has 3 saturated heterocycles. The first-order valence-electron chi connectivity index (χ1n) is 15.4. The molecule has 3 amide bonds. The molecule has 3 fully saturated rings. The molecule has 11 heteroatoms. The number of nitrogens with one attached hydrogen (secondary N) is 3. The summed E-state index contributed by atoms with van der Waals surface area (Å²) in [6.45, 7) is 13.8. The number of amides is 3. The van der Waals surface area contributed by atoms with Crippen molar-refractivity contribution in [3.63, 3.8) is 0 Å². The lowest BCUT2D eigenvalue weighted by molar-refractivity contribution is -0.144. The van der Waals surface area contributed by atoms with Gasteiger partial charge in [-0.05, 0) is 61.7 Å². The third-order valence-corrected chi connectivity index (χ3v) is 10.2. The van der Waals surface area contributed by atoms with E-state index in [2.05, 4.69) is 25.8 Å². The molecular formula is C32H46N6O4S. The van der Waals surface area contributed by atoms with E-state index in [4.69, 9.17) is 0 Å². The van der Waals surface area contributed by atoms with Gasteiger partial charge in [0.05, 0.1) is 34.8 Å². The number of aryl methyl sites for hydroxylation is 1. The van der Waals surface area contributed by atoms with E-state index in [-0.39, 0.29) is 43.3 Å². The number of benzene rings is 1. The first-order valence-corrected chi connectivity index (χ1v) is 16.2. The number of hydrogen-bond acceptors (Lipinski definition) is 8. The molecule has 43 heavy (non-hydrogen) atoms. The molecule has 3 aliphatic rings. The summed E-state index contributed by atoms with van der Waals surface area (Å²) in [5.74, 6) is -0.845. The van der Waals surface area contributed by atoms with Gasteiger partial charge < -0.3 is 26.0 Å². The maximum atomic E-state index is 13.9. The molecule has 234 valence electrons. The Labute approximate surface area is 258 Å². The second kappa shape index (κ2) is 12.6. The largest absolute Gasteiger partial charge is 0.391 e. The van der Waals surface area contributed by atoms with Crippen LogP contribution in [0, 0.1) is 17.8 Å². The maximum absolute atomic E-state index is 13.9. The number of carbonyl (C=O) groups is 3. The van der Waals surface area contributed by atoms with Gasteiger partial charge in [0.25, 0.3) is 0 Å². The highest BCUT2D eigenvalue weighted by atomic mass is 32.1. The molecule has 0 unspecified atom stereocenters. The van der Waals surface area contributed by atoms with Crippen molar-refractivity contribution < 1.29 is 19.5 Å². The summed E-state index contributed by atoms with van der Waals surface area (Å²) >= 11 is 1.59. The van der Waals surface area contributed by atoms with Gasteiger partial charge in [0.2, 0.25) is 17.7 Å². The minimum atomic E-state index is -0.824. The van der Waals surface area contributed by atoms with E-state index >= 15 is 0 Å². The fourth-order valence-electron chi connectivity index (χ4n) is 6.71. The van der Waals surface area contributed by atoms with Crippen LogP contribution < -0.4 is 16.0 Å². The number of aliphatic hydroxyl groups excluding tert-OH is 1. The van der Waals surface area contributed by atoms with Gasteiger partial charge in [0.1, 0.15) is 12.1 Å². The number of piperidine rings is 1. The molecule has 1 spiro atoms. The van der Waals surface area contributed by atoms with Crippen molar-refractivity contribution in [1.29, 1.82) is 0 Å². The van der Waals surface area contributed by atoms with E-state index in [1.165, 1.54) is 4.90 Å². The average Bonchev–Trinajstić information content (AvgIpc) is 3.56. The van der Waals surface area contributed by atoms with Crippen LogP contribution in [0.15, 0.2) is 29.8 Å². The zero-order chi connectivity index (χ0) is 30.9. The average molecular weight is 611 g/mol. The fraction of sp³-hybridized carbons (Fsp3) is 0.625. The third kappa shape index (κ3) is 7.11. The highest BCUT2D eigenvalue weighted by Crippen LogP contribution is 2.38. The van der Waals surface area contributed by atoms with Gasteiger partial charge in [-0.1, -0.05) is 45.0 Å². The van der Waals surface area contributed by atoms with Gasteiger partial charge in [-0.3, -0.25) is 19.3 Å². The normalized spacial score (nSPS) is 23.4. The topological polar surface area (TPSA) is 127 Å². The van der Waals surface area contributed by atoms with Gasteiger partial charge in [0.15, 0.2) is 0 Å². The number of thiazole rings is 1. The van der Waals surface area contributed by atoms with Crippen molar-refractivity contribution in [2.45, 2.75) is 78.1 Å². The lowest BCUT2D eigenvalue weighted by atomic mass is 9.72. The van der Waals surface area contributed by atoms with Crippen LogP contribution in [0.2, 0.25) is 0 Å². The minimum Gasteiger partial charge on any atom is -0.391 e. The quantitative estimate of drug-likeness (QED) is 0.362. The van der Waals surface area contributed by atoms with Crippen LogP contribution >= 0.6 is 11.3 Å². The number of β-amino-alcohol motifs (C(OH)–C–C–N with tert-alkyl or cyclic N) is 1. The lowest BCUT2D eigenvalue weighted by Crippen LogP contribution is -2.63. The Bertz CT molecular complexity index is 1310. The standard InChI is InChI=1S/C32H46N6O4S/c1-20(22-6-8-23(9-7-22)27-21(2)34-19-43-27)35-29(41)25-14-24(39)15-38(25)30(42)28(31(3,4)5)36-26(40)16-37-17-32(18-37)10-12-33-13-11-32/h6-9,19-20,24-25,28,33,39H,10-18H2,1-5H3,(H,35,41)(H,36,40)/t20-,24+,25-,28+/m0/s1. The summed E-state index contributed by atoms with van der Waals surface area (Å²) in [6.07, 6.45) is 1.61. The molecule has 5 rings (SSSR count). The number of rotatable bonds is 8. The second-order valence-corrected chi connectivity index (χ2v) is 14.6. The van der Waals surface area contributed by atoms with E-state index in [0.717, 1.165) is 60.7 Å². The molecule has 3 aliphatic heterocycles. The SMILES string of the molecule is Cc1ncsc1-c1ccc([C@H](C)NC(=O)[C@@H]2C[C@@H](O)CN2C(=O)[C@@H](NC(=O)CN2CC3(CCNCC3)C2)C(C)(C)C)cc1. The lowest BCUT2D eigenvalue weighted by Gasteiger charge is -2.52. The van der Waals surface area contributed by atoms with Crippen LogP contribution in [0.4, 0.5) is 0 Å². The van der Waals surface area contributed by atoms with Crippen LogP contribution in [-0.4, -0.2) is 95.1 Å². The van der Waals surface area contributed by atoms with E-state index < -0.39 is 23.6 Å². The second-order valence-electron chi connectivity index (χ2n) is 13.8. The predicted octanol–water partition coefficient (Wildman–Crippen LogP) is 2.47. The highest BCUT2D eigenvalue weighted by molar-refractivity contribution is 7.13. The number of aromatic nitrogens is 1. The van der Waals surface area contributed by atoms with E-state index in [1.54, 1.807) is 11.3 Å². The molecule has 0 bridgehead atoms. The van der Waals surface area contributed by atoms with Crippen molar-refractivity contribution >= 4 is 29.1 Å². The first kappa shape index (κ1) is 31.6. The van der Waals surface area contributed by atoms with Crippen molar-refractivity contribution in [3.05, 3.63) is 41.0 Å². The van der Waals surface area contributed by atoms with E-state index in [1.807, 2.05) is 64.4 Å². The zero-order valence-electron chi connectivity index (χ0n) is 26.0. The molecule has 4 N–H and O–H groups in total. The van der Waals surface area contributed by atoms with Crippen molar-refractivity contribution in [2.75, 3.05) is 39.3 Å². The molecule has 4 atom stereocenters. The fourth-order valence-corrected chi connectivity index (χ4v) is 7.52. The van der Waals surface area contributed by atoms with Crippen LogP contribution in [0.3, 0.4) is 0 Å². The third-order valence-electron chi connectivity index (χ3n) is 9.21. The maximum Gasteiger partial charge on any atom is 0.246 e. The number of carbonyl (C=O) groups excluding carboxylic acids is 3. The van der Waals surface area contributed by atoms with Crippen molar-refractivity contribution in [2.24, 2.45) is 10.8 Å². The summed E-state index contributed by atoms with van der Waals surface area (Å²) in [5.41, 5.74) is 4.56. The molecule has 0 radical (unpaired) electrons. The smallest absolute Gasteiger partial charge is 0.246 e. The summed E-state index contributed by atoms with van der Waals surface area (Å²) < 4.78 is 0. The number of hydrogen-bond donors (Lipinski definition) is 4. The summed E-state index contributed by atoms with van der Waals surface area (Å²) in [7, 11) is 0. The molecular weight excluding hydrogens is 564 g/mol. The Kier molecular flexibility index (Phi) is 9.27. The number of nitrogens with zero attached hydrogens (tertiary/aromatic N) is 3.